The van der Waals surface area contributed by atoms with Crippen LogP contribution in [0.3, 0.4) is 0 Å². The summed E-state index contributed by atoms with van der Waals surface area (Å²) in [5, 5.41) is 0. The second-order valence-electron chi connectivity index (χ2n) is 7.17. The molecule has 1 saturated heterocycles. The monoisotopic (exact) mass is 334 g/mol. The number of likely N-dealkylation sites (tertiary alicyclic amines) is 1. The Kier molecular flexibility index (Phi) is 5.52. The van der Waals surface area contributed by atoms with Crippen LogP contribution in [-0.2, 0) is 4.74 Å². The number of hydrogen-bond acceptors (Lipinski definition) is 5. The molecule has 0 bridgehead atoms. The van der Waals surface area contributed by atoms with Gasteiger partial charge in [-0.2, -0.15) is 0 Å². The van der Waals surface area contributed by atoms with Crippen LogP contribution in [0.2, 0.25) is 0 Å². The summed E-state index contributed by atoms with van der Waals surface area (Å²) in [4.78, 5) is 13.8. The summed E-state index contributed by atoms with van der Waals surface area (Å²) >= 11 is 0. The first-order valence-electron chi connectivity index (χ1n) is 8.28. The molecule has 0 aliphatic carbocycles. The minimum absolute atomic E-state index is 0.00240. The van der Waals surface area contributed by atoms with Crippen LogP contribution in [0.5, 0.6) is 11.5 Å². The number of carbonyl (C=O) groups excluding carboxylic acids is 1. The van der Waals surface area contributed by atoms with Crippen LogP contribution in [0.15, 0.2) is 12.1 Å². The summed E-state index contributed by atoms with van der Waals surface area (Å²) in [7, 11) is 3.56. The van der Waals surface area contributed by atoms with Gasteiger partial charge in [-0.05, 0) is 32.9 Å². The van der Waals surface area contributed by atoms with Crippen LogP contribution in [0, 0.1) is 0 Å². The Morgan fingerprint density at radius 3 is 2.46 bits per heavy atom. The summed E-state index contributed by atoms with van der Waals surface area (Å²) in [6, 6.07) is 3.77. The fourth-order valence-corrected chi connectivity index (χ4v) is 2.69. The summed E-state index contributed by atoms with van der Waals surface area (Å²) in [6.45, 7) is 6.81. The molecule has 1 aliphatic heterocycles. The van der Waals surface area contributed by atoms with Gasteiger partial charge in [-0.1, -0.05) is 5.46 Å². The largest absolute Gasteiger partial charge is 0.493 e. The van der Waals surface area contributed by atoms with Crippen molar-refractivity contribution in [1.82, 2.24) is 4.90 Å². The lowest BCUT2D eigenvalue weighted by atomic mass is 9.95. The van der Waals surface area contributed by atoms with Gasteiger partial charge in [-0.3, -0.25) is 0 Å². The quantitative estimate of drug-likeness (QED) is 0.667. The third kappa shape index (κ3) is 4.72. The summed E-state index contributed by atoms with van der Waals surface area (Å²) in [5.74, 6) is 1.22. The topological polar surface area (TPSA) is 74.0 Å². The molecule has 0 unspecified atom stereocenters. The van der Waals surface area contributed by atoms with Crippen LogP contribution >= 0.6 is 0 Å². The highest BCUT2D eigenvalue weighted by atomic mass is 16.6. The Morgan fingerprint density at radius 2 is 1.92 bits per heavy atom. The van der Waals surface area contributed by atoms with Crippen molar-refractivity contribution in [3.05, 3.63) is 12.1 Å². The maximum Gasteiger partial charge on any atom is 0.410 e. The number of nitrogen functional groups attached to an aromatic ring is 1. The van der Waals surface area contributed by atoms with Crippen molar-refractivity contribution in [2.24, 2.45) is 0 Å². The second kappa shape index (κ2) is 7.24. The maximum absolute atomic E-state index is 12.1. The maximum atomic E-state index is 12.1. The van der Waals surface area contributed by atoms with Crippen molar-refractivity contribution in [2.75, 3.05) is 25.9 Å². The van der Waals surface area contributed by atoms with Gasteiger partial charge in [0, 0.05) is 25.9 Å². The van der Waals surface area contributed by atoms with E-state index in [-0.39, 0.29) is 12.2 Å². The molecule has 2 N–H and O–H groups in total. The molecule has 0 aromatic heterocycles. The minimum atomic E-state index is -0.478. The molecule has 1 fully saturated rings. The lowest BCUT2D eigenvalue weighted by Crippen LogP contribution is -2.44. The average molecular weight is 334 g/mol. The highest BCUT2D eigenvalue weighted by Gasteiger charge is 2.28. The molecule has 7 heteroatoms. The average Bonchev–Trinajstić information content (AvgIpc) is 2.48. The van der Waals surface area contributed by atoms with Crippen LogP contribution in [0.25, 0.3) is 0 Å². The van der Waals surface area contributed by atoms with Crippen LogP contribution < -0.4 is 20.7 Å². The van der Waals surface area contributed by atoms with Crippen LogP contribution in [0.4, 0.5) is 10.5 Å². The zero-order valence-electron chi connectivity index (χ0n) is 15.2. The summed E-state index contributed by atoms with van der Waals surface area (Å²) in [5.41, 5.74) is 7.19. The van der Waals surface area contributed by atoms with Crippen LogP contribution in [-0.4, -0.2) is 50.7 Å². The molecule has 24 heavy (non-hydrogen) atoms. The summed E-state index contributed by atoms with van der Waals surface area (Å²) < 4.78 is 16.8. The van der Waals surface area contributed by atoms with Gasteiger partial charge in [-0.15, -0.1) is 0 Å². The fourth-order valence-electron chi connectivity index (χ4n) is 2.69. The third-order valence-electron chi connectivity index (χ3n) is 3.83. The van der Waals surface area contributed by atoms with Gasteiger partial charge in [0.25, 0.3) is 0 Å². The number of carbonyl (C=O) groups is 1. The number of methoxy groups -OCH3 is 1. The Bertz CT molecular complexity index is 593. The molecule has 1 amide bonds. The van der Waals surface area contributed by atoms with Crippen molar-refractivity contribution in [1.29, 1.82) is 0 Å². The Morgan fingerprint density at radius 1 is 1.29 bits per heavy atom. The number of rotatable bonds is 3. The van der Waals surface area contributed by atoms with Crippen molar-refractivity contribution in [3.63, 3.8) is 0 Å². The van der Waals surface area contributed by atoms with Crippen molar-refractivity contribution < 1.29 is 19.0 Å². The van der Waals surface area contributed by atoms with E-state index < -0.39 is 5.60 Å². The van der Waals surface area contributed by atoms with E-state index in [9.17, 15) is 4.79 Å². The molecule has 0 atom stereocenters. The Balaban J connectivity index is 1.95. The standard InChI is InChI=1S/C17H27BN2O4/c1-17(2,3)24-16(21)20-7-5-12(6-8-20)23-15-13(19)9-11(18)10-14(15)22-4/h9-10,12H,5-8,18-19H2,1-4H3. The lowest BCUT2D eigenvalue weighted by Gasteiger charge is -2.33. The molecule has 1 aromatic rings. The number of nitrogens with zero attached hydrogens (tertiary/aromatic N) is 1. The predicted octanol–water partition coefficient (Wildman–Crippen LogP) is 1.31. The number of ether oxygens (including phenoxy) is 3. The van der Waals surface area contributed by atoms with Gasteiger partial charge in [0.2, 0.25) is 0 Å². The Hall–Kier alpha value is -2.05. The lowest BCUT2D eigenvalue weighted by molar-refractivity contribution is 0.0125. The van der Waals surface area contributed by atoms with E-state index in [1.165, 1.54) is 0 Å². The van der Waals surface area contributed by atoms with E-state index in [1.54, 1.807) is 12.0 Å². The van der Waals surface area contributed by atoms with E-state index in [0.29, 0.717) is 30.3 Å². The minimum Gasteiger partial charge on any atom is -0.493 e. The first kappa shape index (κ1) is 18.3. The van der Waals surface area contributed by atoms with Gasteiger partial charge in [0.15, 0.2) is 11.5 Å². The van der Waals surface area contributed by atoms with Gasteiger partial charge in [-0.25, -0.2) is 4.79 Å². The molecular weight excluding hydrogens is 307 g/mol. The first-order valence-corrected chi connectivity index (χ1v) is 8.28. The molecule has 0 saturated carbocycles. The zero-order chi connectivity index (χ0) is 17.9. The normalized spacial score (nSPS) is 15.9. The van der Waals surface area contributed by atoms with E-state index in [4.69, 9.17) is 19.9 Å². The molecule has 1 heterocycles. The highest BCUT2D eigenvalue weighted by Crippen LogP contribution is 2.34. The summed E-state index contributed by atoms with van der Waals surface area (Å²) in [6.07, 6.45) is 1.20. The van der Waals surface area contributed by atoms with Crippen molar-refractivity contribution in [2.45, 2.75) is 45.3 Å². The van der Waals surface area contributed by atoms with Crippen molar-refractivity contribution >= 4 is 25.1 Å². The number of hydrogen-bond donors (Lipinski definition) is 1. The molecule has 2 rings (SSSR count). The molecule has 0 spiro atoms. The van der Waals surface area contributed by atoms with Gasteiger partial charge in [0.05, 0.1) is 12.8 Å². The number of piperidine rings is 1. The fraction of sp³-hybridized carbons (Fsp3) is 0.588. The van der Waals surface area contributed by atoms with Crippen LogP contribution in [0.1, 0.15) is 33.6 Å². The molecule has 6 nitrogen and oxygen atoms in total. The highest BCUT2D eigenvalue weighted by molar-refractivity contribution is 6.32. The molecule has 0 radical (unpaired) electrons. The molecule has 132 valence electrons. The van der Waals surface area contributed by atoms with Gasteiger partial charge in [0.1, 0.15) is 19.6 Å². The third-order valence-corrected chi connectivity index (χ3v) is 3.83. The van der Waals surface area contributed by atoms with Gasteiger partial charge >= 0.3 is 6.09 Å². The molecule has 1 aliphatic rings. The molecule has 1 aromatic carbocycles. The second-order valence-corrected chi connectivity index (χ2v) is 7.17. The zero-order valence-corrected chi connectivity index (χ0v) is 15.2. The number of nitrogens with two attached hydrogens (primary N) is 1. The smallest absolute Gasteiger partial charge is 0.410 e. The SMILES string of the molecule is Bc1cc(N)c(OC2CCN(C(=O)OC(C)(C)C)CC2)c(OC)c1. The van der Waals surface area contributed by atoms with E-state index in [0.717, 1.165) is 18.3 Å². The van der Waals surface area contributed by atoms with Gasteiger partial charge < -0.3 is 24.8 Å². The molecular formula is C17H27BN2O4. The number of benzene rings is 1. The number of anilines is 1. The van der Waals surface area contributed by atoms with Crippen molar-refractivity contribution in [3.8, 4) is 11.5 Å². The first-order chi connectivity index (χ1) is 11.2. The predicted molar refractivity (Wildman–Crippen MR) is 97.0 cm³/mol. The van der Waals surface area contributed by atoms with E-state index in [2.05, 4.69) is 0 Å². The number of amides is 1. The van der Waals surface area contributed by atoms with E-state index >= 15 is 0 Å². The van der Waals surface area contributed by atoms with E-state index in [1.807, 2.05) is 40.8 Å². The Labute approximate surface area is 144 Å².